The van der Waals surface area contributed by atoms with Gasteiger partial charge >= 0.3 is 0 Å². The van der Waals surface area contributed by atoms with Gasteiger partial charge in [0.15, 0.2) is 0 Å². The van der Waals surface area contributed by atoms with Crippen LogP contribution in [0.3, 0.4) is 0 Å². The molecule has 3 rings (SSSR count). The van der Waals surface area contributed by atoms with Crippen molar-refractivity contribution in [2.75, 3.05) is 19.6 Å². The number of piperidine rings is 2. The van der Waals surface area contributed by atoms with E-state index in [4.69, 9.17) is 5.73 Å². The summed E-state index contributed by atoms with van der Waals surface area (Å²) in [5, 5.41) is 0. The van der Waals surface area contributed by atoms with E-state index in [1.165, 1.54) is 12.0 Å². The maximum Gasteiger partial charge on any atom is 0.239 e. The van der Waals surface area contributed by atoms with Gasteiger partial charge in [-0.05, 0) is 37.8 Å². The van der Waals surface area contributed by atoms with E-state index in [0.717, 1.165) is 51.9 Å². The molecule has 1 aromatic carbocycles. The van der Waals surface area contributed by atoms with Crippen LogP contribution in [-0.4, -0.2) is 47.4 Å². The Bertz CT molecular complexity index is 490. The minimum atomic E-state index is 0.0410. The first-order valence-corrected chi connectivity index (χ1v) is 8.56. The number of nitrogens with two attached hydrogens (primary N) is 1. The second-order valence-corrected chi connectivity index (χ2v) is 6.65. The van der Waals surface area contributed by atoms with Crippen molar-refractivity contribution in [1.82, 2.24) is 9.80 Å². The highest BCUT2D eigenvalue weighted by molar-refractivity contribution is 5.82. The summed E-state index contributed by atoms with van der Waals surface area (Å²) >= 11 is 0. The van der Waals surface area contributed by atoms with Crippen LogP contribution >= 0.6 is 0 Å². The van der Waals surface area contributed by atoms with Gasteiger partial charge in [-0.25, -0.2) is 0 Å². The molecule has 22 heavy (non-hydrogen) atoms. The molecule has 1 amide bonds. The van der Waals surface area contributed by atoms with E-state index in [1.807, 2.05) is 11.0 Å². The molecule has 0 aromatic heterocycles. The molecule has 2 aliphatic rings. The lowest BCUT2D eigenvalue weighted by Gasteiger charge is -2.40. The summed E-state index contributed by atoms with van der Waals surface area (Å²) in [6.07, 6.45) is 5.41. The van der Waals surface area contributed by atoms with Gasteiger partial charge in [-0.1, -0.05) is 36.8 Å². The molecular formula is C18H27N3O. The van der Waals surface area contributed by atoms with E-state index in [-0.39, 0.29) is 12.1 Å². The molecule has 0 bridgehead atoms. The van der Waals surface area contributed by atoms with Crippen molar-refractivity contribution in [3.8, 4) is 0 Å². The van der Waals surface area contributed by atoms with E-state index >= 15 is 0 Å². The largest absolute Gasteiger partial charge is 0.340 e. The summed E-state index contributed by atoms with van der Waals surface area (Å²) < 4.78 is 0. The molecule has 4 heteroatoms. The van der Waals surface area contributed by atoms with Crippen LogP contribution in [0.15, 0.2) is 30.3 Å². The molecule has 2 fully saturated rings. The Balaban J connectivity index is 1.67. The standard InChI is InChI=1S/C18H27N3O/c19-16-9-6-12-21(14-16)18(22)17-10-4-5-11-20(17)13-15-7-2-1-3-8-15/h1-3,7-8,16-17H,4-6,9-14,19H2/t16-,17+/m1/s1. The number of amides is 1. The summed E-state index contributed by atoms with van der Waals surface area (Å²) in [5.41, 5.74) is 7.33. The third-order valence-corrected chi connectivity index (χ3v) is 4.90. The van der Waals surface area contributed by atoms with Crippen LogP contribution < -0.4 is 5.73 Å². The molecule has 1 aromatic rings. The second kappa shape index (κ2) is 7.25. The quantitative estimate of drug-likeness (QED) is 0.929. The van der Waals surface area contributed by atoms with Crippen molar-refractivity contribution < 1.29 is 4.79 Å². The topological polar surface area (TPSA) is 49.6 Å². The maximum absolute atomic E-state index is 12.9. The summed E-state index contributed by atoms with van der Waals surface area (Å²) in [5.74, 6) is 0.297. The zero-order valence-corrected chi connectivity index (χ0v) is 13.3. The average Bonchev–Trinajstić information content (AvgIpc) is 2.56. The van der Waals surface area contributed by atoms with Gasteiger partial charge in [0.25, 0.3) is 0 Å². The zero-order valence-electron chi connectivity index (χ0n) is 13.3. The van der Waals surface area contributed by atoms with Gasteiger partial charge in [-0.3, -0.25) is 9.69 Å². The number of benzene rings is 1. The molecule has 4 nitrogen and oxygen atoms in total. The summed E-state index contributed by atoms with van der Waals surface area (Å²) in [6.45, 7) is 3.50. The van der Waals surface area contributed by atoms with Crippen LogP contribution in [0.5, 0.6) is 0 Å². The minimum Gasteiger partial charge on any atom is -0.340 e. The van der Waals surface area contributed by atoms with Crippen LogP contribution in [0, 0.1) is 0 Å². The number of likely N-dealkylation sites (tertiary alicyclic amines) is 2. The fourth-order valence-electron chi connectivity index (χ4n) is 3.70. The van der Waals surface area contributed by atoms with Gasteiger partial charge in [0, 0.05) is 25.7 Å². The predicted octanol–water partition coefficient (Wildman–Crippen LogP) is 1.99. The van der Waals surface area contributed by atoms with Gasteiger partial charge in [-0.2, -0.15) is 0 Å². The number of hydrogen-bond donors (Lipinski definition) is 1. The van der Waals surface area contributed by atoms with Crippen LogP contribution in [0.1, 0.15) is 37.7 Å². The summed E-state index contributed by atoms with van der Waals surface area (Å²) in [6, 6.07) is 10.7. The first-order valence-electron chi connectivity index (χ1n) is 8.56. The SMILES string of the molecule is N[C@@H]1CCCN(C(=O)[C@@H]2CCCCN2Cc2ccccc2)C1. The Hall–Kier alpha value is -1.39. The van der Waals surface area contributed by atoms with Crippen molar-refractivity contribution in [3.63, 3.8) is 0 Å². The Morgan fingerprint density at radius 1 is 1.09 bits per heavy atom. The van der Waals surface area contributed by atoms with Gasteiger partial charge in [0.1, 0.15) is 0 Å². The second-order valence-electron chi connectivity index (χ2n) is 6.65. The highest BCUT2D eigenvalue weighted by Gasteiger charge is 2.33. The molecule has 2 heterocycles. The van der Waals surface area contributed by atoms with Crippen molar-refractivity contribution in [1.29, 1.82) is 0 Å². The highest BCUT2D eigenvalue weighted by atomic mass is 16.2. The number of carbonyl (C=O) groups excluding carboxylic acids is 1. The Labute approximate surface area is 133 Å². The van der Waals surface area contributed by atoms with E-state index in [1.54, 1.807) is 0 Å². The van der Waals surface area contributed by atoms with Crippen molar-refractivity contribution in [2.24, 2.45) is 5.73 Å². The molecule has 2 saturated heterocycles. The monoisotopic (exact) mass is 301 g/mol. The van der Waals surface area contributed by atoms with E-state index in [9.17, 15) is 4.79 Å². The third kappa shape index (κ3) is 3.68. The van der Waals surface area contributed by atoms with Gasteiger partial charge in [0.05, 0.1) is 6.04 Å². The normalized spacial score (nSPS) is 26.9. The fraction of sp³-hybridized carbons (Fsp3) is 0.611. The van der Waals surface area contributed by atoms with E-state index in [2.05, 4.69) is 29.2 Å². The number of rotatable bonds is 3. The zero-order chi connectivity index (χ0) is 15.4. The number of hydrogen-bond acceptors (Lipinski definition) is 3. The molecule has 0 spiro atoms. The number of carbonyl (C=O) groups is 1. The third-order valence-electron chi connectivity index (χ3n) is 4.90. The highest BCUT2D eigenvalue weighted by Crippen LogP contribution is 2.22. The first kappa shape index (κ1) is 15.5. The molecule has 2 N–H and O–H groups in total. The van der Waals surface area contributed by atoms with Crippen molar-refractivity contribution in [3.05, 3.63) is 35.9 Å². The fourth-order valence-corrected chi connectivity index (χ4v) is 3.70. The summed E-state index contributed by atoms with van der Waals surface area (Å²) in [7, 11) is 0. The van der Waals surface area contributed by atoms with Crippen molar-refractivity contribution in [2.45, 2.75) is 50.7 Å². The molecule has 0 radical (unpaired) electrons. The van der Waals surface area contributed by atoms with Gasteiger partial charge < -0.3 is 10.6 Å². The van der Waals surface area contributed by atoms with Crippen LogP contribution in [0.4, 0.5) is 0 Å². The molecule has 2 aliphatic heterocycles. The minimum absolute atomic E-state index is 0.0410. The lowest BCUT2D eigenvalue weighted by atomic mass is 9.98. The van der Waals surface area contributed by atoms with E-state index < -0.39 is 0 Å². The molecule has 0 aliphatic carbocycles. The smallest absolute Gasteiger partial charge is 0.239 e. The Morgan fingerprint density at radius 2 is 1.91 bits per heavy atom. The molecular weight excluding hydrogens is 274 g/mol. The van der Waals surface area contributed by atoms with E-state index in [0.29, 0.717) is 5.91 Å². The first-order chi connectivity index (χ1) is 10.7. The average molecular weight is 301 g/mol. The molecule has 0 saturated carbocycles. The molecule has 0 unspecified atom stereocenters. The summed E-state index contributed by atoms with van der Waals surface area (Å²) in [4.78, 5) is 17.3. The maximum atomic E-state index is 12.9. The molecule has 120 valence electrons. The van der Waals surface area contributed by atoms with Gasteiger partial charge in [-0.15, -0.1) is 0 Å². The van der Waals surface area contributed by atoms with Gasteiger partial charge in [0.2, 0.25) is 5.91 Å². The lowest BCUT2D eigenvalue weighted by molar-refractivity contribution is -0.139. The number of nitrogens with zero attached hydrogens (tertiary/aromatic N) is 2. The van der Waals surface area contributed by atoms with Crippen LogP contribution in [0.25, 0.3) is 0 Å². The van der Waals surface area contributed by atoms with Crippen LogP contribution in [-0.2, 0) is 11.3 Å². The Kier molecular flexibility index (Phi) is 5.11. The predicted molar refractivity (Wildman–Crippen MR) is 88.3 cm³/mol. The van der Waals surface area contributed by atoms with Crippen molar-refractivity contribution >= 4 is 5.91 Å². The van der Waals surface area contributed by atoms with Crippen LogP contribution in [0.2, 0.25) is 0 Å². The molecule has 2 atom stereocenters. The lowest BCUT2D eigenvalue weighted by Crippen LogP contribution is -2.54. The Morgan fingerprint density at radius 3 is 2.68 bits per heavy atom.